The Hall–Kier alpha value is -1.98. The second-order valence-corrected chi connectivity index (χ2v) is 7.46. The molecule has 1 aliphatic heterocycles. The van der Waals surface area contributed by atoms with E-state index in [1.807, 2.05) is 48.5 Å². The summed E-state index contributed by atoms with van der Waals surface area (Å²) in [5.41, 5.74) is 1.90. The van der Waals surface area contributed by atoms with Crippen molar-refractivity contribution in [2.45, 2.75) is 18.2 Å². The Morgan fingerprint density at radius 3 is 2.48 bits per heavy atom. The van der Waals surface area contributed by atoms with Crippen molar-refractivity contribution in [2.75, 3.05) is 12.8 Å². The number of carbonyl (C=O) groups is 1. The Balaban J connectivity index is 1.89. The quantitative estimate of drug-likeness (QED) is 0.522. The summed E-state index contributed by atoms with van der Waals surface area (Å²) in [5.74, 6) is 0.0375. The molecule has 0 radical (unpaired) electrons. The first kappa shape index (κ1) is 17.8. The van der Waals surface area contributed by atoms with Crippen LogP contribution in [-0.4, -0.2) is 28.8 Å². The summed E-state index contributed by atoms with van der Waals surface area (Å²) in [7, 11) is 0. The van der Waals surface area contributed by atoms with Gasteiger partial charge in [-0.2, -0.15) is 0 Å². The van der Waals surface area contributed by atoms with Crippen molar-refractivity contribution in [2.24, 2.45) is 4.99 Å². The predicted molar refractivity (Wildman–Crippen MR) is 109 cm³/mol. The number of nitrogens with zero attached hydrogens (tertiary/aromatic N) is 2. The van der Waals surface area contributed by atoms with Gasteiger partial charge in [-0.15, -0.1) is 11.8 Å². The Kier molecular flexibility index (Phi) is 6.00. The molecule has 1 heterocycles. The van der Waals surface area contributed by atoms with E-state index in [1.54, 1.807) is 16.7 Å². The van der Waals surface area contributed by atoms with E-state index in [1.165, 1.54) is 16.7 Å². The molecule has 1 saturated heterocycles. The van der Waals surface area contributed by atoms with E-state index in [9.17, 15) is 4.79 Å². The Bertz CT molecular complexity index is 798. The van der Waals surface area contributed by atoms with Gasteiger partial charge in [-0.3, -0.25) is 9.69 Å². The van der Waals surface area contributed by atoms with E-state index in [4.69, 9.17) is 0 Å². The van der Waals surface area contributed by atoms with Gasteiger partial charge in [0.25, 0.3) is 5.91 Å². The lowest BCUT2D eigenvalue weighted by Crippen LogP contribution is -2.29. The third kappa shape index (κ3) is 4.35. The minimum atomic E-state index is 0.0375. The summed E-state index contributed by atoms with van der Waals surface area (Å²) < 4.78 is 0. The highest BCUT2D eigenvalue weighted by atomic mass is 32.2. The fourth-order valence-electron chi connectivity index (χ4n) is 2.48. The van der Waals surface area contributed by atoms with Gasteiger partial charge in [-0.1, -0.05) is 37.3 Å². The number of hydrogen-bond acceptors (Lipinski definition) is 4. The number of carbonyl (C=O) groups excluding carboxylic acids is 1. The van der Waals surface area contributed by atoms with Crippen LogP contribution in [0.1, 0.15) is 18.9 Å². The highest BCUT2D eigenvalue weighted by Crippen LogP contribution is 2.34. The van der Waals surface area contributed by atoms with Crippen LogP contribution in [-0.2, 0) is 4.79 Å². The Morgan fingerprint density at radius 2 is 1.84 bits per heavy atom. The van der Waals surface area contributed by atoms with Crippen LogP contribution in [0.5, 0.6) is 0 Å². The van der Waals surface area contributed by atoms with Crippen molar-refractivity contribution in [3.63, 3.8) is 0 Å². The zero-order chi connectivity index (χ0) is 17.6. The Labute approximate surface area is 157 Å². The normalized spacial score (nSPS) is 17.7. The molecule has 3 nitrogen and oxygen atoms in total. The number of hydrogen-bond donors (Lipinski definition) is 0. The van der Waals surface area contributed by atoms with Crippen LogP contribution in [0.4, 0.5) is 5.69 Å². The van der Waals surface area contributed by atoms with Gasteiger partial charge in [-0.25, -0.2) is 4.99 Å². The summed E-state index contributed by atoms with van der Waals surface area (Å²) in [6.45, 7) is 2.75. The van der Waals surface area contributed by atoms with Gasteiger partial charge in [0.2, 0.25) is 0 Å². The maximum Gasteiger partial charge on any atom is 0.266 e. The van der Waals surface area contributed by atoms with E-state index >= 15 is 0 Å². The standard InChI is InChI=1S/C20H20N2OS2/c1-3-13-22-19(23)18(14-15-9-11-17(24-2)12-10-15)25-20(22)21-16-7-5-4-6-8-16/h4-12,14H,3,13H2,1-2H3/b18-14+,21-20?. The molecule has 0 aliphatic carbocycles. The SMILES string of the molecule is CCCN1C(=O)/C(=C\c2ccc(SC)cc2)SC1=Nc1ccccc1. The smallest absolute Gasteiger partial charge is 0.266 e. The summed E-state index contributed by atoms with van der Waals surface area (Å²) in [5, 5.41) is 0.755. The monoisotopic (exact) mass is 368 g/mol. The lowest BCUT2D eigenvalue weighted by atomic mass is 10.2. The lowest BCUT2D eigenvalue weighted by Gasteiger charge is -2.13. The van der Waals surface area contributed by atoms with Crippen molar-refractivity contribution in [1.29, 1.82) is 0 Å². The number of para-hydroxylation sites is 1. The number of aliphatic imine (C=N–C) groups is 1. The maximum atomic E-state index is 12.8. The second-order valence-electron chi connectivity index (χ2n) is 5.57. The summed E-state index contributed by atoms with van der Waals surface area (Å²) in [4.78, 5) is 21.2. The molecule has 0 unspecified atom stereocenters. The molecule has 3 rings (SSSR count). The second kappa shape index (κ2) is 8.41. The van der Waals surface area contributed by atoms with Crippen molar-refractivity contribution in [3.05, 3.63) is 65.1 Å². The van der Waals surface area contributed by atoms with Gasteiger partial charge in [0.15, 0.2) is 5.17 Å². The Morgan fingerprint density at radius 1 is 1.12 bits per heavy atom. The van der Waals surface area contributed by atoms with Crippen molar-refractivity contribution < 1.29 is 4.79 Å². The molecule has 128 valence electrons. The number of amidine groups is 1. The van der Waals surface area contributed by atoms with E-state index in [2.05, 4.69) is 30.3 Å². The van der Waals surface area contributed by atoms with Crippen molar-refractivity contribution >= 4 is 46.4 Å². The topological polar surface area (TPSA) is 32.7 Å². The largest absolute Gasteiger partial charge is 0.286 e. The number of benzene rings is 2. The molecule has 1 aliphatic rings. The van der Waals surface area contributed by atoms with E-state index in [0.717, 1.165) is 27.7 Å². The minimum Gasteiger partial charge on any atom is -0.286 e. The highest BCUT2D eigenvalue weighted by molar-refractivity contribution is 8.18. The molecule has 0 saturated carbocycles. The van der Waals surface area contributed by atoms with E-state index < -0.39 is 0 Å². The molecule has 0 N–H and O–H groups in total. The van der Waals surface area contributed by atoms with Gasteiger partial charge in [0.1, 0.15) is 0 Å². The first-order valence-corrected chi connectivity index (χ1v) is 10.2. The van der Waals surface area contributed by atoms with Crippen LogP contribution in [0.15, 0.2) is 69.4 Å². The van der Waals surface area contributed by atoms with Gasteiger partial charge >= 0.3 is 0 Å². The van der Waals surface area contributed by atoms with Crippen LogP contribution in [0.2, 0.25) is 0 Å². The van der Waals surface area contributed by atoms with Crippen LogP contribution in [0.3, 0.4) is 0 Å². The molecule has 0 atom stereocenters. The third-order valence-electron chi connectivity index (χ3n) is 3.73. The molecular formula is C20H20N2OS2. The molecule has 5 heteroatoms. The maximum absolute atomic E-state index is 12.8. The van der Waals surface area contributed by atoms with Crippen LogP contribution >= 0.6 is 23.5 Å². The zero-order valence-corrected chi connectivity index (χ0v) is 15.9. The molecule has 0 bridgehead atoms. The molecule has 2 aromatic rings. The van der Waals surface area contributed by atoms with Gasteiger partial charge in [0, 0.05) is 11.4 Å². The lowest BCUT2D eigenvalue weighted by molar-refractivity contribution is -0.122. The molecule has 0 spiro atoms. The number of rotatable bonds is 5. The number of thioether (sulfide) groups is 2. The fraction of sp³-hybridized carbons (Fsp3) is 0.200. The molecule has 1 amide bonds. The van der Waals surface area contributed by atoms with Crippen LogP contribution in [0.25, 0.3) is 6.08 Å². The van der Waals surface area contributed by atoms with Crippen molar-refractivity contribution in [1.82, 2.24) is 4.90 Å². The highest BCUT2D eigenvalue weighted by Gasteiger charge is 2.32. The predicted octanol–water partition coefficient (Wildman–Crippen LogP) is 5.42. The molecule has 2 aromatic carbocycles. The van der Waals surface area contributed by atoms with E-state index in [-0.39, 0.29) is 5.91 Å². The van der Waals surface area contributed by atoms with Crippen LogP contribution in [0, 0.1) is 0 Å². The zero-order valence-electron chi connectivity index (χ0n) is 14.3. The van der Waals surface area contributed by atoms with Crippen molar-refractivity contribution in [3.8, 4) is 0 Å². The number of amides is 1. The molecular weight excluding hydrogens is 348 g/mol. The van der Waals surface area contributed by atoms with Gasteiger partial charge in [0.05, 0.1) is 10.6 Å². The fourth-order valence-corrected chi connectivity index (χ4v) is 3.91. The molecule has 0 aromatic heterocycles. The summed E-state index contributed by atoms with van der Waals surface area (Å²) >= 11 is 3.16. The third-order valence-corrected chi connectivity index (χ3v) is 5.48. The van der Waals surface area contributed by atoms with Crippen LogP contribution < -0.4 is 0 Å². The average molecular weight is 369 g/mol. The first-order chi connectivity index (χ1) is 12.2. The van der Waals surface area contributed by atoms with E-state index in [0.29, 0.717) is 6.54 Å². The molecule has 25 heavy (non-hydrogen) atoms. The first-order valence-electron chi connectivity index (χ1n) is 8.20. The summed E-state index contributed by atoms with van der Waals surface area (Å²) in [6.07, 6.45) is 4.90. The minimum absolute atomic E-state index is 0.0375. The average Bonchev–Trinajstić information content (AvgIpc) is 2.92. The van der Waals surface area contributed by atoms with Gasteiger partial charge < -0.3 is 0 Å². The summed E-state index contributed by atoms with van der Waals surface area (Å²) in [6, 6.07) is 18.0. The van der Waals surface area contributed by atoms with Gasteiger partial charge in [-0.05, 0) is 60.3 Å². The molecule has 1 fully saturated rings.